The zero-order valence-electron chi connectivity index (χ0n) is 14.9. The smallest absolute Gasteiger partial charge is 0.225 e. The number of aryl methyl sites for hydroxylation is 1. The van der Waals surface area contributed by atoms with E-state index in [1.807, 2.05) is 0 Å². The predicted octanol–water partition coefficient (Wildman–Crippen LogP) is 1.28. The lowest BCUT2D eigenvalue weighted by Gasteiger charge is -2.31. The van der Waals surface area contributed by atoms with E-state index in [4.69, 9.17) is 20.9 Å². The Balaban J connectivity index is 1.41. The van der Waals surface area contributed by atoms with Crippen molar-refractivity contribution in [1.82, 2.24) is 14.9 Å². The van der Waals surface area contributed by atoms with E-state index in [-0.39, 0.29) is 5.95 Å². The fourth-order valence-electron chi connectivity index (χ4n) is 3.81. The first-order chi connectivity index (χ1) is 12.6. The maximum atomic E-state index is 6.19. The molecule has 0 saturated carbocycles. The Kier molecular flexibility index (Phi) is 4.65. The molecule has 1 spiro atoms. The Labute approximate surface area is 153 Å². The topological polar surface area (TPSA) is 99.5 Å². The SMILES string of the molecule is Nc1nc(N)c2c(n1)OC1(COCCN(CCCc3ccccc3)C1)C2. The number of ether oxygens (including phenoxy) is 2. The van der Waals surface area contributed by atoms with Gasteiger partial charge in [-0.05, 0) is 24.9 Å². The van der Waals surface area contributed by atoms with Crippen LogP contribution >= 0.6 is 0 Å². The van der Waals surface area contributed by atoms with Crippen LogP contribution in [0.25, 0.3) is 0 Å². The summed E-state index contributed by atoms with van der Waals surface area (Å²) in [6.07, 6.45) is 2.83. The number of aromatic nitrogens is 2. The minimum absolute atomic E-state index is 0.146. The second-order valence-corrected chi connectivity index (χ2v) is 7.13. The average Bonchev–Trinajstić information content (AvgIpc) is 2.85. The van der Waals surface area contributed by atoms with Gasteiger partial charge in [0.2, 0.25) is 11.8 Å². The normalized spacial score (nSPS) is 22.8. The fourth-order valence-corrected chi connectivity index (χ4v) is 3.81. The van der Waals surface area contributed by atoms with Crippen LogP contribution in [0.5, 0.6) is 5.88 Å². The Bertz CT molecular complexity index is 770. The Morgan fingerprint density at radius 2 is 2.00 bits per heavy atom. The lowest BCUT2D eigenvalue weighted by molar-refractivity contribution is -0.00212. The summed E-state index contributed by atoms with van der Waals surface area (Å²) in [5.41, 5.74) is 13.5. The maximum absolute atomic E-state index is 6.19. The molecule has 26 heavy (non-hydrogen) atoms. The molecule has 2 aliphatic heterocycles. The molecule has 2 aliphatic rings. The summed E-state index contributed by atoms with van der Waals surface area (Å²) in [6, 6.07) is 10.6. The van der Waals surface area contributed by atoms with Crippen LogP contribution in [0.2, 0.25) is 0 Å². The van der Waals surface area contributed by atoms with Crippen molar-refractivity contribution in [3.63, 3.8) is 0 Å². The molecule has 3 heterocycles. The number of nitrogens with zero attached hydrogens (tertiary/aromatic N) is 3. The van der Waals surface area contributed by atoms with Crippen molar-refractivity contribution >= 4 is 11.8 Å². The number of nitrogen functional groups attached to an aromatic ring is 2. The minimum Gasteiger partial charge on any atom is -0.466 e. The van der Waals surface area contributed by atoms with E-state index in [0.29, 0.717) is 31.3 Å². The molecule has 1 aromatic carbocycles. The zero-order valence-corrected chi connectivity index (χ0v) is 14.9. The lowest BCUT2D eigenvalue weighted by Crippen LogP contribution is -2.48. The van der Waals surface area contributed by atoms with E-state index in [9.17, 15) is 0 Å². The van der Waals surface area contributed by atoms with E-state index in [2.05, 4.69) is 45.2 Å². The van der Waals surface area contributed by atoms with Crippen molar-refractivity contribution in [2.45, 2.75) is 24.9 Å². The van der Waals surface area contributed by atoms with Gasteiger partial charge in [-0.1, -0.05) is 30.3 Å². The van der Waals surface area contributed by atoms with Crippen molar-refractivity contribution < 1.29 is 9.47 Å². The van der Waals surface area contributed by atoms with Gasteiger partial charge in [-0.3, -0.25) is 4.90 Å². The number of nitrogens with two attached hydrogens (primary N) is 2. The van der Waals surface area contributed by atoms with Gasteiger partial charge in [0.05, 0.1) is 18.8 Å². The third kappa shape index (κ3) is 3.59. The largest absolute Gasteiger partial charge is 0.466 e. The molecule has 1 unspecified atom stereocenters. The van der Waals surface area contributed by atoms with Crippen LogP contribution in [0.4, 0.5) is 11.8 Å². The van der Waals surface area contributed by atoms with E-state index in [1.165, 1.54) is 5.56 Å². The molecule has 4 rings (SSSR count). The summed E-state index contributed by atoms with van der Waals surface area (Å²) >= 11 is 0. The third-order valence-electron chi connectivity index (χ3n) is 5.04. The molecular formula is C19H25N5O2. The molecule has 4 N–H and O–H groups in total. The molecule has 1 saturated heterocycles. The lowest BCUT2D eigenvalue weighted by atomic mass is 9.97. The van der Waals surface area contributed by atoms with Gasteiger partial charge in [0.1, 0.15) is 5.82 Å². The second kappa shape index (κ2) is 7.09. The van der Waals surface area contributed by atoms with Gasteiger partial charge in [0, 0.05) is 19.5 Å². The van der Waals surface area contributed by atoms with Crippen LogP contribution in [-0.2, 0) is 17.6 Å². The van der Waals surface area contributed by atoms with Crippen molar-refractivity contribution in [3.8, 4) is 5.88 Å². The van der Waals surface area contributed by atoms with E-state index in [1.54, 1.807) is 0 Å². The highest BCUT2D eigenvalue weighted by Gasteiger charge is 2.44. The van der Waals surface area contributed by atoms with E-state index < -0.39 is 5.60 Å². The third-order valence-corrected chi connectivity index (χ3v) is 5.04. The first-order valence-electron chi connectivity index (χ1n) is 9.08. The summed E-state index contributed by atoms with van der Waals surface area (Å²) in [4.78, 5) is 10.7. The van der Waals surface area contributed by atoms with Crippen LogP contribution in [-0.4, -0.2) is 53.3 Å². The molecule has 0 amide bonds. The molecule has 2 aromatic rings. The van der Waals surface area contributed by atoms with Crippen LogP contribution in [0.15, 0.2) is 30.3 Å². The molecule has 0 aliphatic carbocycles. The number of benzene rings is 1. The fraction of sp³-hybridized carbons (Fsp3) is 0.474. The monoisotopic (exact) mass is 355 g/mol. The van der Waals surface area contributed by atoms with Crippen LogP contribution in [0.3, 0.4) is 0 Å². The van der Waals surface area contributed by atoms with Gasteiger partial charge in [-0.15, -0.1) is 0 Å². The van der Waals surface area contributed by atoms with Crippen LogP contribution in [0.1, 0.15) is 17.5 Å². The van der Waals surface area contributed by atoms with Crippen molar-refractivity contribution in [3.05, 3.63) is 41.5 Å². The summed E-state index contributed by atoms with van der Waals surface area (Å²) in [5.74, 6) is 1.06. The first kappa shape index (κ1) is 17.1. The molecule has 7 nitrogen and oxygen atoms in total. The summed E-state index contributed by atoms with van der Waals surface area (Å²) in [5, 5.41) is 0. The number of hydrogen-bond acceptors (Lipinski definition) is 7. The quantitative estimate of drug-likeness (QED) is 0.852. The van der Waals surface area contributed by atoms with Gasteiger partial charge in [-0.25, -0.2) is 0 Å². The van der Waals surface area contributed by atoms with Crippen molar-refractivity contribution in [2.75, 3.05) is 44.3 Å². The highest BCUT2D eigenvalue weighted by molar-refractivity contribution is 5.52. The maximum Gasteiger partial charge on any atom is 0.225 e. The van der Waals surface area contributed by atoms with Gasteiger partial charge in [0.25, 0.3) is 0 Å². The Morgan fingerprint density at radius 1 is 1.15 bits per heavy atom. The number of rotatable bonds is 4. The van der Waals surface area contributed by atoms with Crippen LogP contribution in [0, 0.1) is 0 Å². The van der Waals surface area contributed by atoms with Gasteiger partial charge < -0.3 is 20.9 Å². The molecule has 7 heteroatoms. The number of fused-ring (bicyclic) bond motifs is 1. The minimum atomic E-state index is -0.456. The van der Waals surface area contributed by atoms with Gasteiger partial charge >= 0.3 is 0 Å². The molecular weight excluding hydrogens is 330 g/mol. The molecule has 1 aromatic heterocycles. The van der Waals surface area contributed by atoms with Gasteiger partial charge in [0.15, 0.2) is 5.60 Å². The average molecular weight is 355 g/mol. The second-order valence-electron chi connectivity index (χ2n) is 7.13. The van der Waals surface area contributed by atoms with E-state index in [0.717, 1.165) is 38.0 Å². The van der Waals surface area contributed by atoms with Gasteiger partial charge in [-0.2, -0.15) is 9.97 Å². The highest BCUT2D eigenvalue weighted by Crippen LogP contribution is 2.38. The standard InChI is InChI=1S/C19H25N5O2/c20-16-15-11-19(26-17(15)23-18(21)22-16)12-24(9-10-25-13-19)8-4-7-14-5-2-1-3-6-14/h1-3,5-6H,4,7-13H2,(H4,20,21,22,23). The molecule has 138 valence electrons. The molecule has 0 radical (unpaired) electrons. The predicted molar refractivity (Wildman–Crippen MR) is 99.9 cm³/mol. The van der Waals surface area contributed by atoms with Crippen molar-refractivity contribution in [1.29, 1.82) is 0 Å². The van der Waals surface area contributed by atoms with E-state index >= 15 is 0 Å². The van der Waals surface area contributed by atoms with Crippen LogP contribution < -0.4 is 16.2 Å². The van der Waals surface area contributed by atoms with Crippen molar-refractivity contribution in [2.24, 2.45) is 0 Å². The zero-order chi connectivity index (χ0) is 18.0. The molecule has 1 atom stereocenters. The Morgan fingerprint density at radius 3 is 2.85 bits per heavy atom. The summed E-state index contributed by atoms with van der Waals surface area (Å²) in [7, 11) is 0. The molecule has 0 bridgehead atoms. The summed E-state index contributed by atoms with van der Waals surface area (Å²) < 4.78 is 12.0. The highest BCUT2D eigenvalue weighted by atomic mass is 16.6. The number of anilines is 2. The number of hydrogen-bond donors (Lipinski definition) is 2. The summed E-state index contributed by atoms with van der Waals surface area (Å²) in [6.45, 7) is 3.92. The Hall–Kier alpha value is -2.38. The molecule has 1 fully saturated rings. The first-order valence-corrected chi connectivity index (χ1v) is 9.08.